The normalized spacial score (nSPS) is 11.0. The Hall–Kier alpha value is -3.09. The Kier molecular flexibility index (Phi) is 4.56. The zero-order valence-electron chi connectivity index (χ0n) is 14.4. The molecule has 0 bridgehead atoms. The van der Waals surface area contributed by atoms with E-state index in [9.17, 15) is 9.59 Å². The molecule has 0 unspecified atom stereocenters. The lowest BCUT2D eigenvalue weighted by Crippen LogP contribution is -2.25. The number of nitrogens with zero attached hydrogens (tertiary/aromatic N) is 2. The molecule has 0 aliphatic carbocycles. The quantitative estimate of drug-likeness (QED) is 0.745. The molecule has 2 aliphatic rings. The average molecular weight is 340 g/mol. The number of methoxy groups -OCH3 is 1. The van der Waals surface area contributed by atoms with Gasteiger partial charge in [0, 0.05) is 25.0 Å². The highest BCUT2D eigenvalue weighted by atomic mass is 16.5. The minimum Gasteiger partial charge on any atom is -0.497 e. The van der Waals surface area contributed by atoms with Crippen LogP contribution in [0.5, 0.6) is 5.75 Å². The third kappa shape index (κ3) is 3.40. The number of fused-ring (bicyclic) bond motifs is 1. The smallest absolute Gasteiger partial charge is 0.275 e. The number of carbonyl (C=O) groups is 1. The first kappa shape index (κ1) is 16.8. The number of amides is 1. The molecule has 1 aromatic rings. The number of nitrogens with one attached hydrogen (secondary N) is 2. The van der Waals surface area contributed by atoms with Crippen LogP contribution >= 0.6 is 0 Å². The highest BCUT2D eigenvalue weighted by molar-refractivity contribution is 5.99. The summed E-state index contributed by atoms with van der Waals surface area (Å²) in [5, 5.41) is 9.27. The van der Waals surface area contributed by atoms with E-state index in [1.807, 2.05) is 42.7 Å². The molecule has 7 heteroatoms. The molecule has 130 valence electrons. The van der Waals surface area contributed by atoms with Gasteiger partial charge in [-0.25, -0.2) is 5.10 Å². The molecule has 3 rings (SSSR count). The zero-order chi connectivity index (χ0) is 18.0. The summed E-state index contributed by atoms with van der Waals surface area (Å²) < 4.78 is 6.95. The molecule has 25 heavy (non-hydrogen) atoms. The molecule has 2 aliphatic heterocycles. The van der Waals surface area contributed by atoms with Crippen LogP contribution in [0, 0.1) is 0 Å². The fraction of sp³-hybridized carbons (Fsp3) is 0.278. The van der Waals surface area contributed by atoms with Crippen LogP contribution in [0.25, 0.3) is 11.3 Å². The number of hydrogen-bond acceptors (Lipinski definition) is 4. The number of hydrogen-bond donors (Lipinski definition) is 2. The van der Waals surface area contributed by atoms with Crippen LogP contribution < -0.4 is 15.6 Å². The van der Waals surface area contributed by atoms with Gasteiger partial charge >= 0.3 is 0 Å². The number of rotatable bonds is 5. The number of H-pyrrole nitrogens is 1. The molecule has 0 spiro atoms. The predicted molar refractivity (Wildman–Crippen MR) is 94.0 cm³/mol. The van der Waals surface area contributed by atoms with Crippen molar-refractivity contribution in [1.29, 1.82) is 0 Å². The first-order valence-electron chi connectivity index (χ1n) is 8.00. The topological polar surface area (TPSA) is 89.0 Å². The van der Waals surface area contributed by atoms with E-state index in [1.54, 1.807) is 19.5 Å². The fourth-order valence-electron chi connectivity index (χ4n) is 2.54. The lowest BCUT2D eigenvalue weighted by atomic mass is 10.1. The van der Waals surface area contributed by atoms with Crippen molar-refractivity contribution in [2.75, 3.05) is 7.11 Å². The van der Waals surface area contributed by atoms with Crippen molar-refractivity contribution in [2.24, 2.45) is 0 Å². The summed E-state index contributed by atoms with van der Waals surface area (Å²) in [6, 6.07) is 7.57. The summed E-state index contributed by atoms with van der Waals surface area (Å²) in [7, 11) is 1.61. The van der Waals surface area contributed by atoms with Gasteiger partial charge in [-0.2, -0.15) is 5.10 Å². The van der Waals surface area contributed by atoms with Gasteiger partial charge in [0.05, 0.1) is 18.2 Å². The molecule has 0 atom stereocenters. The molecule has 0 saturated heterocycles. The zero-order valence-corrected chi connectivity index (χ0v) is 14.4. The minimum absolute atomic E-state index is 0.117. The molecular weight excluding hydrogens is 320 g/mol. The maximum Gasteiger partial charge on any atom is 0.275 e. The van der Waals surface area contributed by atoms with Gasteiger partial charge in [0.15, 0.2) is 0 Å². The molecule has 0 fully saturated rings. The Labute approximate surface area is 145 Å². The lowest BCUT2D eigenvalue weighted by molar-refractivity contribution is 0.0950. The van der Waals surface area contributed by atoms with Crippen LogP contribution in [0.3, 0.4) is 0 Å². The van der Waals surface area contributed by atoms with Crippen LogP contribution in [0.1, 0.15) is 35.8 Å². The van der Waals surface area contributed by atoms with Crippen LogP contribution in [0.2, 0.25) is 0 Å². The van der Waals surface area contributed by atoms with Gasteiger partial charge in [-0.3, -0.25) is 9.59 Å². The molecule has 1 aromatic carbocycles. The predicted octanol–water partition coefficient (Wildman–Crippen LogP) is 2.20. The van der Waals surface area contributed by atoms with Gasteiger partial charge in [0.25, 0.3) is 11.5 Å². The van der Waals surface area contributed by atoms with Crippen LogP contribution in [-0.4, -0.2) is 27.8 Å². The summed E-state index contributed by atoms with van der Waals surface area (Å²) in [5.41, 5.74) is 1.82. The average Bonchev–Trinajstić information content (AvgIpc) is 3.00. The number of benzene rings is 1. The van der Waals surface area contributed by atoms with Gasteiger partial charge in [-0.1, -0.05) is 12.1 Å². The Morgan fingerprint density at radius 2 is 2.00 bits per heavy atom. The van der Waals surface area contributed by atoms with Crippen molar-refractivity contribution in [2.45, 2.75) is 26.4 Å². The largest absolute Gasteiger partial charge is 0.497 e. The van der Waals surface area contributed by atoms with Gasteiger partial charge in [0.1, 0.15) is 11.4 Å². The third-order valence-corrected chi connectivity index (χ3v) is 4.03. The van der Waals surface area contributed by atoms with E-state index in [4.69, 9.17) is 4.74 Å². The number of ether oxygens (including phenoxy) is 1. The molecule has 7 nitrogen and oxygen atoms in total. The van der Waals surface area contributed by atoms with Crippen molar-refractivity contribution in [3.8, 4) is 17.0 Å². The Bertz CT molecular complexity index is 909. The van der Waals surface area contributed by atoms with E-state index < -0.39 is 0 Å². The van der Waals surface area contributed by atoms with Crippen molar-refractivity contribution in [1.82, 2.24) is 20.1 Å². The summed E-state index contributed by atoms with van der Waals surface area (Å²) >= 11 is 0. The second-order valence-electron chi connectivity index (χ2n) is 6.06. The highest BCUT2D eigenvalue weighted by Crippen LogP contribution is 2.22. The van der Waals surface area contributed by atoms with Gasteiger partial charge < -0.3 is 14.6 Å². The highest BCUT2D eigenvalue weighted by Gasteiger charge is 2.21. The van der Waals surface area contributed by atoms with Gasteiger partial charge in [-0.15, -0.1) is 0 Å². The Morgan fingerprint density at radius 3 is 2.64 bits per heavy atom. The van der Waals surface area contributed by atoms with E-state index in [-0.39, 0.29) is 17.5 Å². The molecule has 0 aromatic heterocycles. The van der Waals surface area contributed by atoms with Crippen molar-refractivity contribution in [3.05, 3.63) is 58.1 Å². The number of carbonyl (C=O) groups excluding carboxylic acids is 1. The number of pyridine rings is 1. The molecule has 2 N–H and O–H groups in total. The van der Waals surface area contributed by atoms with Gasteiger partial charge in [-0.05, 0) is 31.5 Å². The summed E-state index contributed by atoms with van der Waals surface area (Å²) in [4.78, 5) is 24.5. The number of aromatic amines is 1. The van der Waals surface area contributed by atoms with Gasteiger partial charge in [0.2, 0.25) is 0 Å². The molecular formula is C18H20N4O3. The van der Waals surface area contributed by atoms with E-state index in [1.165, 1.54) is 0 Å². The molecule has 0 saturated carbocycles. The number of aromatic nitrogens is 3. The summed E-state index contributed by atoms with van der Waals surface area (Å²) in [6.45, 7) is 4.33. The molecule has 0 radical (unpaired) electrons. The van der Waals surface area contributed by atoms with Crippen molar-refractivity contribution >= 4 is 5.91 Å². The van der Waals surface area contributed by atoms with Crippen LogP contribution in [0.4, 0.5) is 0 Å². The Balaban J connectivity index is 1.84. The SMILES string of the molecule is COc1ccc(CNC(=O)c2cn(C(C)C)cc3c(=O)[nH]nc2-3)cc1. The summed E-state index contributed by atoms with van der Waals surface area (Å²) in [5.74, 6) is 0.486. The maximum absolute atomic E-state index is 12.6. The first-order valence-corrected chi connectivity index (χ1v) is 8.00. The standard InChI is InChI=1S/C18H20N4O3/c1-11(2)22-9-14(16-15(10-22)18(24)21-20-16)17(23)19-8-12-4-6-13(25-3)7-5-12/h4-7,9-11H,8H2,1-3H3,(H,19,23)(H,21,24). The van der Waals surface area contributed by atoms with Crippen LogP contribution in [-0.2, 0) is 6.54 Å². The fourth-order valence-corrected chi connectivity index (χ4v) is 2.54. The maximum atomic E-state index is 12.6. The van der Waals surface area contributed by atoms with E-state index >= 15 is 0 Å². The minimum atomic E-state index is -0.297. The monoisotopic (exact) mass is 340 g/mol. The van der Waals surface area contributed by atoms with E-state index in [0.29, 0.717) is 23.4 Å². The molecule has 1 amide bonds. The first-order chi connectivity index (χ1) is 12.0. The van der Waals surface area contributed by atoms with Crippen LogP contribution in [0.15, 0.2) is 41.5 Å². The third-order valence-electron chi connectivity index (χ3n) is 4.03. The Morgan fingerprint density at radius 1 is 1.28 bits per heavy atom. The molecule has 2 heterocycles. The second kappa shape index (κ2) is 6.80. The second-order valence-corrected chi connectivity index (χ2v) is 6.06. The van der Waals surface area contributed by atoms with E-state index in [0.717, 1.165) is 11.3 Å². The lowest BCUT2D eigenvalue weighted by Gasteiger charge is -2.15. The van der Waals surface area contributed by atoms with E-state index in [2.05, 4.69) is 15.5 Å². The van der Waals surface area contributed by atoms with Crippen molar-refractivity contribution in [3.63, 3.8) is 0 Å². The van der Waals surface area contributed by atoms with Crippen molar-refractivity contribution < 1.29 is 9.53 Å². The summed E-state index contributed by atoms with van der Waals surface area (Å²) in [6.07, 6.45) is 3.43.